The number of nitrogens with zero attached hydrogens (tertiary/aromatic N) is 5. The minimum Gasteiger partial charge on any atom is -0.332 e. The number of benzene rings is 1. The second kappa shape index (κ2) is 6.15. The summed E-state index contributed by atoms with van der Waals surface area (Å²) >= 11 is 3.50. The Morgan fingerprint density at radius 1 is 1.29 bits per heavy atom. The lowest BCUT2D eigenvalue weighted by Gasteiger charge is -1.99. The Hall–Kier alpha value is -2.06. The quantitative estimate of drug-likeness (QED) is 0.752. The molecule has 0 unspecified atom stereocenters. The summed E-state index contributed by atoms with van der Waals surface area (Å²) in [7, 11) is 0. The molecule has 2 heterocycles. The maximum atomic E-state index is 5.47. The summed E-state index contributed by atoms with van der Waals surface area (Å²) in [5, 5.41) is 11.9. The van der Waals surface area contributed by atoms with Gasteiger partial charge in [-0.25, -0.2) is 0 Å². The normalized spacial score (nSPS) is 11.0. The van der Waals surface area contributed by atoms with E-state index in [0.29, 0.717) is 36.9 Å². The third-order valence-corrected chi connectivity index (χ3v) is 3.66. The summed E-state index contributed by atoms with van der Waals surface area (Å²) in [5.41, 5.74) is 7.11. The molecule has 0 bridgehead atoms. The lowest BCUT2D eigenvalue weighted by atomic mass is 10.1. The van der Waals surface area contributed by atoms with Crippen LogP contribution < -0.4 is 5.73 Å². The zero-order chi connectivity index (χ0) is 14.7. The van der Waals surface area contributed by atoms with Gasteiger partial charge in [0.2, 0.25) is 0 Å². The number of hydrogen-bond donors (Lipinski definition) is 1. The van der Waals surface area contributed by atoms with E-state index in [1.807, 2.05) is 24.3 Å². The molecular weight excluding hydrogens is 336 g/mol. The lowest BCUT2D eigenvalue weighted by molar-refractivity contribution is 0.422. The van der Waals surface area contributed by atoms with Crippen LogP contribution in [-0.4, -0.2) is 31.7 Å². The van der Waals surface area contributed by atoms with Gasteiger partial charge in [-0.2, -0.15) is 4.98 Å². The molecule has 0 spiro atoms. The first-order valence-electron chi connectivity index (χ1n) is 6.43. The van der Waals surface area contributed by atoms with Gasteiger partial charge in [-0.05, 0) is 11.6 Å². The van der Waals surface area contributed by atoms with Gasteiger partial charge in [0.25, 0.3) is 5.89 Å². The van der Waals surface area contributed by atoms with Gasteiger partial charge in [-0.1, -0.05) is 44.5 Å². The van der Waals surface area contributed by atoms with Gasteiger partial charge in [-0.15, -0.1) is 5.10 Å². The monoisotopic (exact) mass is 348 g/mol. The molecule has 0 atom stereocenters. The average molecular weight is 349 g/mol. The molecule has 1 aromatic carbocycles. The third kappa shape index (κ3) is 3.17. The van der Waals surface area contributed by atoms with Crippen molar-refractivity contribution in [3.05, 3.63) is 46.3 Å². The van der Waals surface area contributed by atoms with E-state index in [1.54, 1.807) is 10.9 Å². The largest absolute Gasteiger partial charge is 0.332 e. The molecule has 7 nitrogen and oxygen atoms in total. The van der Waals surface area contributed by atoms with Crippen LogP contribution in [0.25, 0.3) is 11.6 Å². The van der Waals surface area contributed by atoms with Gasteiger partial charge in [0.1, 0.15) is 0 Å². The zero-order valence-electron chi connectivity index (χ0n) is 11.1. The molecular formula is C13H13BrN6O. The van der Waals surface area contributed by atoms with Crippen molar-refractivity contribution in [3.63, 3.8) is 0 Å². The highest BCUT2D eigenvalue weighted by molar-refractivity contribution is 9.10. The molecule has 0 aliphatic carbocycles. The Balaban J connectivity index is 1.78. The number of hydrogen-bond acceptors (Lipinski definition) is 6. The fourth-order valence-electron chi connectivity index (χ4n) is 1.88. The SMILES string of the molecule is NCCn1cc(-c2nc(Cc3ccccc3Br)no2)nn1. The molecule has 2 N–H and O–H groups in total. The molecule has 0 saturated heterocycles. The van der Waals surface area contributed by atoms with Crippen LogP contribution in [0.2, 0.25) is 0 Å². The van der Waals surface area contributed by atoms with Gasteiger partial charge in [0.15, 0.2) is 11.5 Å². The van der Waals surface area contributed by atoms with E-state index in [1.165, 1.54) is 0 Å². The molecule has 0 aliphatic rings. The van der Waals surface area contributed by atoms with Gasteiger partial charge in [-0.3, -0.25) is 4.68 Å². The highest BCUT2D eigenvalue weighted by Crippen LogP contribution is 2.20. The first-order chi connectivity index (χ1) is 10.3. The Morgan fingerprint density at radius 3 is 2.95 bits per heavy atom. The highest BCUT2D eigenvalue weighted by atomic mass is 79.9. The summed E-state index contributed by atoms with van der Waals surface area (Å²) in [6, 6.07) is 7.93. The fraction of sp³-hybridized carbons (Fsp3) is 0.231. The Labute approximate surface area is 129 Å². The zero-order valence-corrected chi connectivity index (χ0v) is 12.7. The average Bonchev–Trinajstić information content (AvgIpc) is 3.11. The minimum atomic E-state index is 0.361. The summed E-state index contributed by atoms with van der Waals surface area (Å²) in [6.07, 6.45) is 2.32. The first-order valence-corrected chi connectivity index (χ1v) is 7.22. The number of rotatable bonds is 5. The number of aromatic nitrogens is 5. The van der Waals surface area contributed by atoms with Crippen LogP contribution in [-0.2, 0) is 13.0 Å². The van der Waals surface area contributed by atoms with Crippen molar-refractivity contribution in [2.24, 2.45) is 5.73 Å². The van der Waals surface area contributed by atoms with Crippen LogP contribution in [0.4, 0.5) is 0 Å². The molecule has 3 aromatic rings. The molecule has 0 fully saturated rings. The molecule has 21 heavy (non-hydrogen) atoms. The molecule has 0 amide bonds. The van der Waals surface area contributed by atoms with Crippen LogP contribution in [0, 0.1) is 0 Å². The van der Waals surface area contributed by atoms with Crippen LogP contribution in [0.1, 0.15) is 11.4 Å². The Kier molecular flexibility index (Phi) is 4.07. The third-order valence-electron chi connectivity index (χ3n) is 2.89. The van der Waals surface area contributed by atoms with E-state index in [4.69, 9.17) is 10.3 Å². The fourth-order valence-corrected chi connectivity index (χ4v) is 2.30. The molecule has 108 valence electrons. The van der Waals surface area contributed by atoms with Crippen LogP contribution >= 0.6 is 15.9 Å². The maximum absolute atomic E-state index is 5.47. The number of halogens is 1. The Bertz CT molecular complexity index is 738. The second-order valence-electron chi connectivity index (χ2n) is 4.44. The van der Waals surface area contributed by atoms with Crippen LogP contribution in [0.15, 0.2) is 39.5 Å². The van der Waals surface area contributed by atoms with E-state index < -0.39 is 0 Å². The van der Waals surface area contributed by atoms with Gasteiger partial charge in [0, 0.05) is 17.4 Å². The topological polar surface area (TPSA) is 95.7 Å². The van der Waals surface area contributed by atoms with Gasteiger partial charge >= 0.3 is 0 Å². The van der Waals surface area contributed by atoms with Crippen molar-refractivity contribution in [3.8, 4) is 11.6 Å². The van der Waals surface area contributed by atoms with Crippen molar-refractivity contribution < 1.29 is 4.52 Å². The van der Waals surface area contributed by atoms with Crippen molar-refractivity contribution in [2.45, 2.75) is 13.0 Å². The summed E-state index contributed by atoms with van der Waals surface area (Å²) < 4.78 is 7.90. The van der Waals surface area contributed by atoms with Crippen LogP contribution in [0.3, 0.4) is 0 Å². The van der Waals surface area contributed by atoms with Crippen molar-refractivity contribution in [1.29, 1.82) is 0 Å². The van der Waals surface area contributed by atoms with Gasteiger partial charge < -0.3 is 10.3 Å². The molecule has 0 saturated carbocycles. The van der Waals surface area contributed by atoms with Gasteiger partial charge in [0.05, 0.1) is 12.7 Å². The molecule has 8 heteroatoms. The van der Waals surface area contributed by atoms with E-state index in [0.717, 1.165) is 10.0 Å². The van der Waals surface area contributed by atoms with E-state index >= 15 is 0 Å². The Morgan fingerprint density at radius 2 is 2.14 bits per heavy atom. The summed E-state index contributed by atoms with van der Waals surface area (Å²) in [4.78, 5) is 4.34. The molecule has 0 radical (unpaired) electrons. The molecule has 2 aromatic heterocycles. The maximum Gasteiger partial charge on any atom is 0.280 e. The summed E-state index contributed by atoms with van der Waals surface area (Å²) in [6.45, 7) is 1.10. The number of nitrogens with two attached hydrogens (primary N) is 1. The minimum absolute atomic E-state index is 0.361. The van der Waals surface area contributed by atoms with E-state index in [9.17, 15) is 0 Å². The second-order valence-corrected chi connectivity index (χ2v) is 5.29. The predicted molar refractivity (Wildman–Crippen MR) is 79.3 cm³/mol. The first kappa shape index (κ1) is 13.9. The molecule has 3 rings (SSSR count). The smallest absolute Gasteiger partial charge is 0.280 e. The standard InChI is InChI=1S/C13H13BrN6O/c14-10-4-2-1-3-9(10)7-12-16-13(21-18-12)11-8-20(6-5-15)19-17-11/h1-4,8H,5-7,15H2. The predicted octanol–water partition coefficient (Wildman–Crippen LogP) is 1.64. The molecule has 0 aliphatic heterocycles. The van der Waals surface area contributed by atoms with Crippen molar-refractivity contribution in [2.75, 3.05) is 6.54 Å². The van der Waals surface area contributed by atoms with Crippen LogP contribution in [0.5, 0.6) is 0 Å². The van der Waals surface area contributed by atoms with Crippen molar-refractivity contribution in [1.82, 2.24) is 25.1 Å². The van der Waals surface area contributed by atoms with E-state index in [-0.39, 0.29) is 0 Å². The van der Waals surface area contributed by atoms with E-state index in [2.05, 4.69) is 36.4 Å². The van der Waals surface area contributed by atoms with Crippen molar-refractivity contribution >= 4 is 15.9 Å². The lowest BCUT2D eigenvalue weighted by Crippen LogP contribution is -2.10. The summed E-state index contributed by atoms with van der Waals surface area (Å²) in [5.74, 6) is 0.964. The highest BCUT2D eigenvalue weighted by Gasteiger charge is 2.13.